The van der Waals surface area contributed by atoms with Gasteiger partial charge in [-0.25, -0.2) is 0 Å². The Hall–Kier alpha value is -5.51. The average molecular weight is 636 g/mol. The van der Waals surface area contributed by atoms with E-state index in [1.165, 1.54) is 7.11 Å². The lowest BCUT2D eigenvalue weighted by atomic mass is 9.99. The van der Waals surface area contributed by atoms with E-state index in [9.17, 15) is 19.5 Å². The molecule has 3 N–H and O–H groups in total. The van der Waals surface area contributed by atoms with E-state index >= 15 is 0 Å². The summed E-state index contributed by atoms with van der Waals surface area (Å²) in [6.45, 7) is 0.823. The number of phenolic OH excluding ortho intramolecular Hbond substituents is 1. The molecule has 0 spiro atoms. The number of rotatable bonds is 3. The van der Waals surface area contributed by atoms with Crippen LogP contribution in [0.4, 0.5) is 0 Å². The maximum absolute atomic E-state index is 13.6. The second kappa shape index (κ2) is 14.3. The number of hydrogen-bond donors (Lipinski definition) is 3. The normalized spacial score (nSPS) is 18.6. The minimum atomic E-state index is -0.506. The molecule has 3 amide bonds. The van der Waals surface area contributed by atoms with E-state index in [4.69, 9.17) is 14.2 Å². The first-order valence-electron chi connectivity index (χ1n) is 15.6. The number of ether oxygens (including phenoxy) is 3. The predicted molar refractivity (Wildman–Crippen MR) is 176 cm³/mol. The summed E-state index contributed by atoms with van der Waals surface area (Å²) < 4.78 is 17.7. The standard InChI is InChI=1S/C37H37N3O7/c1-45-34-20-24-4-16-33(34)46-23-36(43)39-31-22-40(37(44)28-8-6-26(7-9-28)27-10-12-29(41)13-11-27)19-18-32(31)47-30-14-2-25(3-15-30)21-38-35(42)17-5-24/h2-4,6-16,20,31-32,41H,5,17-19,21-23H2,1H3,(H,38,42)(H,39,43)/t31-,32-/m1/s1. The molecule has 9 rings (SSSR count). The third kappa shape index (κ3) is 7.84. The van der Waals surface area contributed by atoms with Gasteiger partial charge in [-0.15, -0.1) is 0 Å². The molecule has 5 aliphatic rings. The third-order valence-corrected chi connectivity index (χ3v) is 8.44. The minimum Gasteiger partial charge on any atom is -0.508 e. The molecule has 0 saturated carbocycles. The fourth-order valence-corrected chi connectivity index (χ4v) is 5.82. The lowest BCUT2D eigenvalue weighted by Gasteiger charge is -2.39. The molecule has 4 aromatic carbocycles. The molecule has 10 nitrogen and oxygen atoms in total. The number of likely N-dealkylation sites (tertiary alicyclic amines) is 1. The molecule has 0 radical (unpaired) electrons. The fraction of sp³-hybridized carbons (Fsp3) is 0.270. The highest BCUT2D eigenvalue weighted by Crippen LogP contribution is 2.29. The first-order chi connectivity index (χ1) is 22.8. The van der Waals surface area contributed by atoms with Gasteiger partial charge in [0.05, 0.1) is 13.2 Å². The molecule has 1 fully saturated rings. The monoisotopic (exact) mass is 635 g/mol. The highest BCUT2D eigenvalue weighted by molar-refractivity contribution is 5.95. The van der Waals surface area contributed by atoms with Crippen LogP contribution in [0.2, 0.25) is 0 Å². The summed E-state index contributed by atoms with van der Waals surface area (Å²) in [5.74, 6) is 1.14. The lowest BCUT2D eigenvalue weighted by molar-refractivity contribution is -0.125. The summed E-state index contributed by atoms with van der Waals surface area (Å²) in [5, 5.41) is 15.6. The van der Waals surface area contributed by atoms with Crippen LogP contribution in [0.3, 0.4) is 0 Å². The number of methoxy groups -OCH3 is 1. The number of aromatic hydroxyl groups is 1. The smallest absolute Gasteiger partial charge is 0.258 e. The number of nitrogens with one attached hydrogen (secondary N) is 2. The summed E-state index contributed by atoms with van der Waals surface area (Å²) in [6.07, 6.45) is 0.942. The largest absolute Gasteiger partial charge is 0.508 e. The van der Waals surface area contributed by atoms with Crippen LogP contribution in [0.25, 0.3) is 11.1 Å². The van der Waals surface area contributed by atoms with E-state index in [0.717, 1.165) is 22.3 Å². The van der Waals surface area contributed by atoms with E-state index in [1.807, 2.05) is 60.7 Å². The molecule has 0 aliphatic carbocycles. The van der Waals surface area contributed by atoms with Gasteiger partial charge in [-0.2, -0.15) is 0 Å². The first-order valence-corrected chi connectivity index (χ1v) is 15.6. The molecule has 4 bridgehead atoms. The number of phenols is 1. The van der Waals surface area contributed by atoms with Crippen molar-refractivity contribution in [3.8, 4) is 34.1 Å². The molecule has 47 heavy (non-hydrogen) atoms. The van der Waals surface area contributed by atoms with Crippen LogP contribution in [0, 0.1) is 0 Å². The minimum absolute atomic E-state index is 0.0619. The zero-order valence-corrected chi connectivity index (χ0v) is 26.1. The third-order valence-electron chi connectivity index (χ3n) is 8.44. The topological polar surface area (TPSA) is 126 Å². The number of hydrogen-bond acceptors (Lipinski definition) is 7. The lowest BCUT2D eigenvalue weighted by Crippen LogP contribution is -2.58. The van der Waals surface area contributed by atoms with Crippen molar-refractivity contribution in [2.45, 2.75) is 38.0 Å². The van der Waals surface area contributed by atoms with Crippen molar-refractivity contribution < 1.29 is 33.7 Å². The van der Waals surface area contributed by atoms with E-state index < -0.39 is 12.1 Å². The van der Waals surface area contributed by atoms with Crippen LogP contribution in [0.1, 0.15) is 34.3 Å². The summed E-state index contributed by atoms with van der Waals surface area (Å²) in [5.41, 5.74) is 4.24. The number of benzene rings is 4. The van der Waals surface area contributed by atoms with Crippen molar-refractivity contribution in [3.63, 3.8) is 0 Å². The van der Waals surface area contributed by atoms with Crippen molar-refractivity contribution in [1.82, 2.24) is 15.5 Å². The molecule has 5 aliphatic heterocycles. The van der Waals surface area contributed by atoms with E-state index in [2.05, 4.69) is 10.6 Å². The van der Waals surface area contributed by atoms with Crippen LogP contribution in [-0.4, -0.2) is 66.7 Å². The Kier molecular flexibility index (Phi) is 9.56. The van der Waals surface area contributed by atoms with Crippen LogP contribution in [0.5, 0.6) is 23.0 Å². The number of amides is 3. The molecule has 0 aromatic heterocycles. The van der Waals surface area contributed by atoms with Gasteiger partial charge >= 0.3 is 0 Å². The molecule has 1 saturated heterocycles. The van der Waals surface area contributed by atoms with E-state index in [0.29, 0.717) is 55.2 Å². The van der Waals surface area contributed by atoms with Gasteiger partial charge in [-0.05, 0) is 77.2 Å². The summed E-state index contributed by atoms with van der Waals surface area (Å²) >= 11 is 0. The summed E-state index contributed by atoms with van der Waals surface area (Å²) in [7, 11) is 1.53. The van der Waals surface area contributed by atoms with Gasteiger partial charge in [0.25, 0.3) is 11.8 Å². The van der Waals surface area contributed by atoms with Gasteiger partial charge in [0.2, 0.25) is 5.91 Å². The number of piperidine rings is 1. The molecule has 242 valence electrons. The second-order valence-corrected chi connectivity index (χ2v) is 11.7. The predicted octanol–water partition coefficient (Wildman–Crippen LogP) is 4.49. The zero-order chi connectivity index (χ0) is 32.8. The van der Waals surface area contributed by atoms with E-state index in [1.54, 1.807) is 35.2 Å². The first kappa shape index (κ1) is 31.5. The average Bonchev–Trinajstić information content (AvgIpc) is 3.10. The van der Waals surface area contributed by atoms with Gasteiger partial charge < -0.3 is 34.9 Å². The molecule has 2 atom stereocenters. The van der Waals surface area contributed by atoms with Crippen LogP contribution in [0.15, 0.2) is 91.0 Å². The molecular formula is C37H37N3O7. The molecule has 10 heteroatoms. The molecular weight excluding hydrogens is 598 g/mol. The molecule has 0 unspecified atom stereocenters. The second-order valence-electron chi connectivity index (χ2n) is 11.7. The Morgan fingerprint density at radius 2 is 1.57 bits per heavy atom. The number of aryl methyl sites for hydroxylation is 1. The molecule has 4 aromatic rings. The SMILES string of the molecule is COc1cc2ccc1OCC(=O)N[C@@H]1CN(C(=O)c3ccc(-c4ccc(O)cc4)cc3)CC[C@H]1Oc1ccc(cc1)CNC(=O)CC2. The van der Waals surface area contributed by atoms with Gasteiger partial charge in [0.1, 0.15) is 17.6 Å². The molecule has 5 heterocycles. The highest BCUT2D eigenvalue weighted by atomic mass is 16.5. The van der Waals surface area contributed by atoms with Crippen molar-refractivity contribution in [1.29, 1.82) is 0 Å². The van der Waals surface area contributed by atoms with Gasteiger partial charge in [0, 0.05) is 38.0 Å². The summed E-state index contributed by atoms with van der Waals surface area (Å²) in [4.78, 5) is 41.1. The summed E-state index contributed by atoms with van der Waals surface area (Å²) in [6, 6.07) is 26.6. The van der Waals surface area contributed by atoms with Crippen LogP contribution in [-0.2, 0) is 22.6 Å². The van der Waals surface area contributed by atoms with Gasteiger partial charge in [0.15, 0.2) is 18.1 Å². The Morgan fingerprint density at radius 3 is 2.30 bits per heavy atom. The Balaban J connectivity index is 1.20. The van der Waals surface area contributed by atoms with Crippen molar-refractivity contribution >= 4 is 17.7 Å². The quantitative estimate of drug-likeness (QED) is 0.303. The fourth-order valence-electron chi connectivity index (χ4n) is 5.82. The number of carbonyl (C=O) groups is 3. The zero-order valence-electron chi connectivity index (χ0n) is 26.1. The Bertz CT molecular complexity index is 1720. The number of carbonyl (C=O) groups excluding carboxylic acids is 3. The van der Waals surface area contributed by atoms with Crippen LogP contribution >= 0.6 is 0 Å². The maximum atomic E-state index is 13.6. The highest BCUT2D eigenvalue weighted by Gasteiger charge is 2.34. The van der Waals surface area contributed by atoms with E-state index in [-0.39, 0.29) is 36.6 Å². The Labute approximate surface area is 273 Å². The van der Waals surface area contributed by atoms with Crippen molar-refractivity contribution in [3.05, 3.63) is 108 Å². The maximum Gasteiger partial charge on any atom is 0.258 e. The van der Waals surface area contributed by atoms with Crippen molar-refractivity contribution in [2.75, 3.05) is 26.8 Å². The number of nitrogens with zero attached hydrogens (tertiary/aromatic N) is 1. The Morgan fingerprint density at radius 1 is 0.872 bits per heavy atom. The van der Waals surface area contributed by atoms with Crippen LogP contribution < -0.4 is 24.8 Å². The van der Waals surface area contributed by atoms with Crippen molar-refractivity contribution in [2.24, 2.45) is 0 Å². The van der Waals surface area contributed by atoms with Gasteiger partial charge in [-0.3, -0.25) is 14.4 Å². The van der Waals surface area contributed by atoms with Gasteiger partial charge in [-0.1, -0.05) is 42.5 Å².